The lowest BCUT2D eigenvalue weighted by molar-refractivity contribution is 0.313. The van der Waals surface area contributed by atoms with Crippen LogP contribution in [-0.4, -0.2) is 6.61 Å². The van der Waals surface area contributed by atoms with E-state index in [1.165, 1.54) is 22.3 Å². The minimum atomic E-state index is 0.797. The average Bonchev–Trinajstić information content (AvgIpc) is 2.45. The molecule has 0 saturated carbocycles. The molecule has 2 aromatic carbocycles. The van der Waals surface area contributed by atoms with Gasteiger partial charge in [0.15, 0.2) is 0 Å². The molecule has 0 atom stereocenters. The first kappa shape index (κ1) is 14.6. The molecule has 0 aliphatic carbocycles. The first-order chi connectivity index (χ1) is 9.70. The van der Waals surface area contributed by atoms with E-state index in [-0.39, 0.29) is 0 Å². The van der Waals surface area contributed by atoms with Gasteiger partial charge in [0.2, 0.25) is 0 Å². The maximum atomic E-state index is 5.83. The molecule has 106 valence electrons. The van der Waals surface area contributed by atoms with Crippen LogP contribution in [0.1, 0.15) is 35.6 Å². The third-order valence-electron chi connectivity index (χ3n) is 3.52. The molecule has 2 rings (SSSR count). The summed E-state index contributed by atoms with van der Waals surface area (Å²) in [6.45, 7) is 7.22. The van der Waals surface area contributed by atoms with Gasteiger partial charge in [-0.1, -0.05) is 49.4 Å². The van der Waals surface area contributed by atoms with Crippen molar-refractivity contribution >= 4 is 0 Å². The Bertz CT molecular complexity index is 520. The number of ether oxygens (including phenoxy) is 1. The summed E-state index contributed by atoms with van der Waals surface area (Å²) in [5, 5.41) is 0. The second-order valence-electron chi connectivity index (χ2n) is 5.39. The highest BCUT2D eigenvalue weighted by molar-refractivity contribution is 5.43. The molecule has 0 heterocycles. The highest BCUT2D eigenvalue weighted by atomic mass is 16.5. The third kappa shape index (κ3) is 3.86. The number of hydrogen-bond acceptors (Lipinski definition) is 1. The quantitative estimate of drug-likeness (QED) is 0.725. The molecule has 1 nitrogen and oxygen atoms in total. The van der Waals surface area contributed by atoms with E-state index in [1.807, 2.05) is 0 Å². The van der Waals surface area contributed by atoms with Gasteiger partial charge in [0, 0.05) is 0 Å². The van der Waals surface area contributed by atoms with E-state index in [4.69, 9.17) is 4.74 Å². The molecule has 0 saturated heterocycles. The molecule has 2 aromatic rings. The molecule has 0 unspecified atom stereocenters. The van der Waals surface area contributed by atoms with Gasteiger partial charge in [0.05, 0.1) is 6.61 Å². The van der Waals surface area contributed by atoms with Gasteiger partial charge in [-0.2, -0.15) is 0 Å². The highest BCUT2D eigenvalue weighted by Crippen LogP contribution is 2.25. The van der Waals surface area contributed by atoms with E-state index in [1.54, 1.807) is 0 Å². The average molecular weight is 268 g/mol. The normalized spacial score (nSPS) is 10.6. The fourth-order valence-corrected chi connectivity index (χ4v) is 2.55. The van der Waals surface area contributed by atoms with Gasteiger partial charge in [-0.25, -0.2) is 0 Å². The summed E-state index contributed by atoms with van der Waals surface area (Å²) in [7, 11) is 0. The van der Waals surface area contributed by atoms with Crippen molar-refractivity contribution in [2.24, 2.45) is 0 Å². The van der Waals surface area contributed by atoms with Crippen molar-refractivity contribution in [2.45, 2.75) is 40.0 Å². The van der Waals surface area contributed by atoms with Gasteiger partial charge in [-0.15, -0.1) is 0 Å². The summed E-state index contributed by atoms with van der Waals surface area (Å²) in [5.74, 6) is 1.07. The molecule has 1 heteroatoms. The van der Waals surface area contributed by atoms with E-state index in [0.29, 0.717) is 0 Å². The van der Waals surface area contributed by atoms with Crippen LogP contribution in [0.5, 0.6) is 5.75 Å². The number of rotatable bonds is 6. The summed E-state index contributed by atoms with van der Waals surface area (Å²) >= 11 is 0. The molecule has 0 aromatic heterocycles. The molecule has 0 fully saturated rings. The predicted octanol–water partition coefficient (Wildman–Crippen LogP) is 4.88. The first-order valence-corrected chi connectivity index (χ1v) is 7.47. The molecule has 0 aliphatic heterocycles. The Morgan fingerprint density at radius 1 is 0.850 bits per heavy atom. The number of aryl methyl sites for hydroxylation is 4. The van der Waals surface area contributed by atoms with Crippen LogP contribution in [0.15, 0.2) is 42.5 Å². The van der Waals surface area contributed by atoms with Crippen LogP contribution in [-0.2, 0) is 12.8 Å². The van der Waals surface area contributed by atoms with Crippen LogP contribution in [0, 0.1) is 13.8 Å². The van der Waals surface area contributed by atoms with Crippen molar-refractivity contribution in [3.8, 4) is 5.75 Å². The Morgan fingerprint density at radius 3 is 2.05 bits per heavy atom. The van der Waals surface area contributed by atoms with Crippen molar-refractivity contribution in [1.82, 2.24) is 0 Å². The Balaban J connectivity index is 2.06. The van der Waals surface area contributed by atoms with E-state index < -0.39 is 0 Å². The van der Waals surface area contributed by atoms with Crippen molar-refractivity contribution in [3.63, 3.8) is 0 Å². The lowest BCUT2D eigenvalue weighted by Crippen LogP contribution is -2.01. The molecule has 0 bridgehead atoms. The molecule has 0 amide bonds. The smallest absolute Gasteiger partial charge is 0.125 e. The lowest BCUT2D eigenvalue weighted by atomic mass is 10.00. The van der Waals surface area contributed by atoms with Crippen molar-refractivity contribution in [3.05, 3.63) is 64.7 Å². The van der Waals surface area contributed by atoms with Crippen LogP contribution in [0.4, 0.5) is 0 Å². The molecular weight excluding hydrogens is 244 g/mol. The summed E-state index contributed by atoms with van der Waals surface area (Å²) in [5.41, 5.74) is 5.30. The molecule has 0 radical (unpaired) electrons. The first-order valence-electron chi connectivity index (χ1n) is 7.47. The van der Waals surface area contributed by atoms with E-state index in [0.717, 1.165) is 31.6 Å². The highest BCUT2D eigenvalue weighted by Gasteiger charge is 2.06. The largest absolute Gasteiger partial charge is 0.493 e. The second-order valence-corrected chi connectivity index (χ2v) is 5.39. The second kappa shape index (κ2) is 7.14. The van der Waals surface area contributed by atoms with Crippen molar-refractivity contribution in [2.75, 3.05) is 6.61 Å². The maximum Gasteiger partial charge on any atom is 0.125 e. The summed E-state index contributed by atoms with van der Waals surface area (Å²) in [4.78, 5) is 0. The maximum absolute atomic E-state index is 5.83. The number of hydrogen-bond donors (Lipinski definition) is 0. The Labute approximate surface area is 122 Å². The van der Waals surface area contributed by atoms with Crippen LogP contribution >= 0.6 is 0 Å². The van der Waals surface area contributed by atoms with Gasteiger partial charge < -0.3 is 4.74 Å². The van der Waals surface area contributed by atoms with Gasteiger partial charge in [0.1, 0.15) is 5.75 Å². The standard InChI is InChI=1S/C19H24O/c1-4-12-20-19-15(2)13-18(14-16(19)3)11-10-17-8-6-5-7-9-17/h5-9,13-14H,4,10-12H2,1-3H3. The van der Waals surface area contributed by atoms with E-state index in [9.17, 15) is 0 Å². The minimum Gasteiger partial charge on any atom is -0.493 e. The zero-order valence-electron chi connectivity index (χ0n) is 12.8. The van der Waals surface area contributed by atoms with E-state index >= 15 is 0 Å². The van der Waals surface area contributed by atoms with Crippen molar-refractivity contribution < 1.29 is 4.74 Å². The van der Waals surface area contributed by atoms with Crippen LogP contribution in [0.2, 0.25) is 0 Å². The Hall–Kier alpha value is -1.76. The molecular formula is C19H24O. The molecule has 0 N–H and O–H groups in total. The minimum absolute atomic E-state index is 0.797. The zero-order chi connectivity index (χ0) is 14.4. The fraction of sp³-hybridized carbons (Fsp3) is 0.368. The van der Waals surface area contributed by atoms with Gasteiger partial charge in [-0.3, -0.25) is 0 Å². The summed E-state index contributed by atoms with van der Waals surface area (Å²) in [6, 6.07) is 15.2. The fourth-order valence-electron chi connectivity index (χ4n) is 2.55. The van der Waals surface area contributed by atoms with Crippen LogP contribution < -0.4 is 4.74 Å². The Morgan fingerprint density at radius 2 is 1.45 bits per heavy atom. The van der Waals surface area contributed by atoms with Gasteiger partial charge in [0.25, 0.3) is 0 Å². The van der Waals surface area contributed by atoms with Crippen LogP contribution in [0.25, 0.3) is 0 Å². The monoisotopic (exact) mass is 268 g/mol. The summed E-state index contributed by atoms with van der Waals surface area (Å²) in [6.07, 6.45) is 3.23. The van der Waals surface area contributed by atoms with Crippen molar-refractivity contribution in [1.29, 1.82) is 0 Å². The SMILES string of the molecule is CCCOc1c(C)cc(CCc2ccccc2)cc1C. The topological polar surface area (TPSA) is 9.23 Å². The molecule has 0 aliphatic rings. The van der Waals surface area contributed by atoms with Gasteiger partial charge in [-0.05, 0) is 55.4 Å². The van der Waals surface area contributed by atoms with E-state index in [2.05, 4.69) is 63.2 Å². The van der Waals surface area contributed by atoms with Gasteiger partial charge >= 0.3 is 0 Å². The third-order valence-corrected chi connectivity index (χ3v) is 3.52. The lowest BCUT2D eigenvalue weighted by Gasteiger charge is -2.13. The van der Waals surface area contributed by atoms with Crippen LogP contribution in [0.3, 0.4) is 0 Å². The molecule has 0 spiro atoms. The molecule has 20 heavy (non-hydrogen) atoms. The number of benzene rings is 2. The predicted molar refractivity (Wildman–Crippen MR) is 85.6 cm³/mol. The Kier molecular flexibility index (Phi) is 5.23. The zero-order valence-corrected chi connectivity index (χ0v) is 12.8. The summed E-state index contributed by atoms with van der Waals surface area (Å²) < 4.78 is 5.83.